The van der Waals surface area contributed by atoms with Crippen molar-refractivity contribution in [3.05, 3.63) is 218 Å². The van der Waals surface area contributed by atoms with Crippen LogP contribution in [0.3, 0.4) is 0 Å². The molecule has 23 heteroatoms. The maximum absolute atomic E-state index is 8.88. The largest absolute Gasteiger partial charge is 0.325 e. The lowest BCUT2D eigenvalue weighted by molar-refractivity contribution is 1.05. The van der Waals surface area contributed by atoms with Crippen molar-refractivity contribution in [3.63, 3.8) is 0 Å². The topological polar surface area (TPSA) is 314 Å². The highest BCUT2D eigenvalue weighted by molar-refractivity contribution is 5.94. The van der Waals surface area contributed by atoms with E-state index >= 15 is 0 Å². The molecule has 0 saturated carbocycles. The Balaban J connectivity index is 0.000000115. The van der Waals surface area contributed by atoms with Gasteiger partial charge in [-0.2, -0.15) is 35.6 Å². The molecule has 8 aromatic heterocycles. The van der Waals surface area contributed by atoms with Crippen LogP contribution in [0, 0.1) is 18.3 Å². The number of benzene rings is 6. The van der Waals surface area contributed by atoms with Gasteiger partial charge in [0.2, 0.25) is 11.9 Å². The number of fused-ring (bicyclic) bond motifs is 4. The van der Waals surface area contributed by atoms with Crippen molar-refractivity contribution >= 4 is 113 Å². The third-order valence-electron chi connectivity index (χ3n) is 11.8. The number of nitrogens with one attached hydrogen (secondary N) is 10. The fraction of sp³-hybridized carbons (Fsp3) is 0.0172. The van der Waals surface area contributed by atoms with Crippen molar-refractivity contribution in [2.24, 2.45) is 0 Å². The van der Waals surface area contributed by atoms with Gasteiger partial charge in [0.15, 0.2) is 5.82 Å². The molecule has 14 rings (SSSR count). The highest BCUT2D eigenvalue weighted by Crippen LogP contribution is 2.28. The van der Waals surface area contributed by atoms with E-state index in [-0.39, 0.29) is 0 Å². The van der Waals surface area contributed by atoms with E-state index in [9.17, 15) is 0 Å². The third-order valence-corrected chi connectivity index (χ3v) is 11.8. The SMILES string of the molecule is Cc1cc(Nc2ncnc3ccccc23)n[nH]1.N#Cc1ccc(Nc2nc(Nc3ccn[nH]3)c3ccccc3n2)cc1.c1ccc(Nc2nc(Nc3ccn[nH]3)c3ccccc3n2)cc1.c1ccc2c(Nc3ccn[nH]3)ncnc2c1. The molecular formula is C58H47N23. The molecule has 0 aliphatic heterocycles. The molecule has 0 radical (unpaired) electrons. The Kier molecular flexibility index (Phi) is 15.5. The molecule has 0 aliphatic rings. The van der Waals surface area contributed by atoms with E-state index in [0.29, 0.717) is 23.3 Å². The smallest absolute Gasteiger partial charge is 0.229 e. The predicted molar refractivity (Wildman–Crippen MR) is 315 cm³/mol. The molecule has 0 bridgehead atoms. The van der Waals surface area contributed by atoms with Crippen LogP contribution in [0.4, 0.5) is 69.8 Å². The number of para-hydroxylation sites is 5. The summed E-state index contributed by atoms with van der Waals surface area (Å²) in [4.78, 5) is 35.1. The molecule has 10 N–H and O–H groups in total. The van der Waals surface area contributed by atoms with E-state index in [4.69, 9.17) is 5.26 Å². The second-order valence-electron chi connectivity index (χ2n) is 17.5. The lowest BCUT2D eigenvalue weighted by atomic mass is 10.2. The summed E-state index contributed by atoms with van der Waals surface area (Å²) in [6.07, 6.45) is 8.13. The van der Waals surface area contributed by atoms with Gasteiger partial charge in [-0.1, -0.05) is 66.7 Å². The monoisotopic (exact) mass is 1070 g/mol. The van der Waals surface area contributed by atoms with Crippen molar-refractivity contribution in [3.8, 4) is 6.07 Å². The highest BCUT2D eigenvalue weighted by atomic mass is 15.2. The van der Waals surface area contributed by atoms with Crippen LogP contribution in [0.25, 0.3) is 43.6 Å². The van der Waals surface area contributed by atoms with Crippen LogP contribution >= 0.6 is 0 Å². The first-order chi connectivity index (χ1) is 40.0. The van der Waals surface area contributed by atoms with Gasteiger partial charge in [-0.05, 0) is 91.9 Å². The zero-order valence-corrected chi connectivity index (χ0v) is 42.9. The summed E-state index contributed by atoms with van der Waals surface area (Å²) in [5.41, 5.74) is 6.87. The Bertz CT molecular complexity index is 4320. The molecule has 394 valence electrons. The van der Waals surface area contributed by atoms with Crippen molar-refractivity contribution in [2.45, 2.75) is 6.92 Å². The van der Waals surface area contributed by atoms with Crippen molar-refractivity contribution in [2.75, 3.05) is 31.9 Å². The number of H-pyrrole nitrogens is 4. The number of rotatable bonds is 12. The molecule has 81 heavy (non-hydrogen) atoms. The first-order valence-electron chi connectivity index (χ1n) is 25.1. The van der Waals surface area contributed by atoms with Crippen LogP contribution in [0.15, 0.2) is 207 Å². The summed E-state index contributed by atoms with van der Waals surface area (Å²) in [5, 5.41) is 59.2. The summed E-state index contributed by atoms with van der Waals surface area (Å²) in [6, 6.07) is 57.9. The first-order valence-corrected chi connectivity index (χ1v) is 25.1. The summed E-state index contributed by atoms with van der Waals surface area (Å²) < 4.78 is 0. The van der Waals surface area contributed by atoms with E-state index in [1.54, 1.807) is 43.4 Å². The lowest BCUT2D eigenvalue weighted by Crippen LogP contribution is -2.02. The van der Waals surface area contributed by atoms with Gasteiger partial charge in [-0.15, -0.1) is 0 Å². The number of aromatic amines is 4. The molecule has 14 aromatic rings. The van der Waals surface area contributed by atoms with Gasteiger partial charge in [-0.3, -0.25) is 20.4 Å². The average Bonchev–Trinajstić information content (AvgIpc) is 4.44. The van der Waals surface area contributed by atoms with E-state index in [2.05, 4.69) is 119 Å². The third kappa shape index (κ3) is 13.1. The number of anilines is 12. The minimum Gasteiger partial charge on any atom is -0.325 e. The molecule has 23 nitrogen and oxygen atoms in total. The van der Waals surface area contributed by atoms with Gasteiger partial charge in [0.05, 0.1) is 52.3 Å². The molecule has 0 fully saturated rings. The molecule has 0 aliphatic carbocycles. The van der Waals surface area contributed by atoms with Crippen molar-refractivity contribution in [1.29, 1.82) is 5.26 Å². The number of nitrogens with zero attached hydrogens (tertiary/aromatic N) is 13. The number of aromatic nitrogens is 16. The van der Waals surface area contributed by atoms with E-state index < -0.39 is 0 Å². The summed E-state index contributed by atoms with van der Waals surface area (Å²) >= 11 is 0. The standard InChI is InChI=1S/C18H13N7.C17H14N6.C12H11N5.C11H9N5/c19-11-12-5-7-13(8-6-12)21-18-22-15-4-2-1-3-14(15)17(24-18)23-16-9-10-20-25-16;1-2-6-12(7-3-1)19-17-20-14-9-5-4-8-13(14)16(22-17)21-15-10-11-18-23-15;1-8-6-11(17-16-8)15-12-9-4-2-3-5-10(9)13-7-14-12;1-2-4-9-8(3-1)11(13-7-12-9)15-10-5-6-14-16-10/h1-10H,(H3,20,21,22,23,24,25);1-11H,(H3,18,19,20,21,22,23);2-7H,1H3,(H2,13,14,15,16,17);1-7H,(H2,12,13,14,15,16). The predicted octanol–water partition coefficient (Wildman–Crippen LogP) is 12.1. The quantitative estimate of drug-likeness (QED) is 0.0543. The zero-order chi connectivity index (χ0) is 55.0. The van der Waals surface area contributed by atoms with Gasteiger partial charge in [0.25, 0.3) is 0 Å². The second-order valence-corrected chi connectivity index (χ2v) is 17.5. The van der Waals surface area contributed by atoms with E-state index in [1.165, 1.54) is 0 Å². The van der Waals surface area contributed by atoms with Crippen LogP contribution in [0.1, 0.15) is 11.3 Å². The molecule has 0 atom stereocenters. The Morgan fingerprint density at radius 3 is 1.25 bits per heavy atom. The van der Waals surface area contributed by atoms with E-state index in [1.807, 2.05) is 171 Å². The van der Waals surface area contributed by atoms with Crippen LogP contribution < -0.4 is 31.9 Å². The summed E-state index contributed by atoms with van der Waals surface area (Å²) in [6.45, 7) is 1.95. The molecule has 0 spiro atoms. The molecular weight excluding hydrogens is 1020 g/mol. The Morgan fingerprint density at radius 1 is 0.383 bits per heavy atom. The number of hydrogen-bond acceptors (Lipinski definition) is 19. The maximum Gasteiger partial charge on any atom is 0.229 e. The van der Waals surface area contributed by atoms with Gasteiger partial charge in [0, 0.05) is 62.9 Å². The summed E-state index contributed by atoms with van der Waals surface area (Å²) in [5.74, 6) is 7.02. The van der Waals surface area contributed by atoms with Crippen LogP contribution in [0.2, 0.25) is 0 Å². The van der Waals surface area contributed by atoms with Gasteiger partial charge in [-0.25, -0.2) is 29.9 Å². The summed E-state index contributed by atoms with van der Waals surface area (Å²) in [7, 11) is 0. The minimum atomic E-state index is 0.463. The van der Waals surface area contributed by atoms with Crippen molar-refractivity contribution in [1.82, 2.24) is 80.7 Å². The van der Waals surface area contributed by atoms with Crippen LogP contribution in [0.5, 0.6) is 0 Å². The Hall–Kier alpha value is -12.2. The van der Waals surface area contributed by atoms with Crippen LogP contribution in [-0.4, -0.2) is 80.7 Å². The fourth-order valence-electron chi connectivity index (χ4n) is 8.03. The Labute approximate surface area is 460 Å². The molecule has 8 heterocycles. The Morgan fingerprint density at radius 2 is 0.802 bits per heavy atom. The zero-order valence-electron chi connectivity index (χ0n) is 42.9. The molecule has 6 aromatic carbocycles. The van der Waals surface area contributed by atoms with Gasteiger partial charge in [0.1, 0.15) is 53.4 Å². The highest BCUT2D eigenvalue weighted by Gasteiger charge is 2.12. The maximum atomic E-state index is 8.88. The molecule has 0 amide bonds. The average molecular weight is 1070 g/mol. The van der Waals surface area contributed by atoms with Gasteiger partial charge >= 0.3 is 0 Å². The van der Waals surface area contributed by atoms with E-state index in [0.717, 1.165) is 101 Å². The first kappa shape index (κ1) is 50.9. The number of nitriles is 1. The molecule has 0 unspecified atom stereocenters. The number of hydrogen-bond donors (Lipinski definition) is 10. The lowest BCUT2D eigenvalue weighted by Gasteiger charge is -2.11. The van der Waals surface area contributed by atoms with Crippen LogP contribution in [-0.2, 0) is 0 Å². The normalized spacial score (nSPS) is 10.5. The van der Waals surface area contributed by atoms with Gasteiger partial charge < -0.3 is 31.9 Å². The number of aryl methyl sites for hydroxylation is 1. The minimum absolute atomic E-state index is 0.463. The van der Waals surface area contributed by atoms with Crippen molar-refractivity contribution < 1.29 is 0 Å². The second kappa shape index (κ2) is 24.7. The fourth-order valence-corrected chi connectivity index (χ4v) is 8.03. The molecule has 0 saturated heterocycles.